The van der Waals surface area contributed by atoms with Gasteiger partial charge >= 0.3 is 5.69 Å². The van der Waals surface area contributed by atoms with Crippen LogP contribution in [-0.2, 0) is 17.9 Å². The molecule has 1 fully saturated rings. The van der Waals surface area contributed by atoms with Crippen molar-refractivity contribution in [3.05, 3.63) is 41.0 Å². The highest BCUT2D eigenvalue weighted by atomic mass is 16.5. The van der Waals surface area contributed by atoms with E-state index in [1.807, 2.05) is 16.7 Å². The molecule has 1 aliphatic carbocycles. The molecule has 0 radical (unpaired) electrons. The van der Waals surface area contributed by atoms with E-state index in [9.17, 15) is 9.59 Å². The molecule has 1 aliphatic rings. The number of unbranched alkanes of at least 4 members (excludes halogenated alkanes) is 1. The van der Waals surface area contributed by atoms with Crippen LogP contribution in [0.3, 0.4) is 0 Å². The van der Waals surface area contributed by atoms with E-state index in [-0.39, 0.29) is 24.4 Å². The lowest BCUT2D eigenvalue weighted by molar-refractivity contribution is -0.124. The molecule has 0 aliphatic heterocycles. The molecule has 4 rings (SSSR count). The number of carbonyl (C=O) groups is 1. The summed E-state index contributed by atoms with van der Waals surface area (Å²) in [5, 5.41) is 3.07. The Balaban J connectivity index is 1.58. The Labute approximate surface area is 186 Å². The number of fused-ring (bicyclic) bond motifs is 1. The van der Waals surface area contributed by atoms with E-state index in [1.165, 1.54) is 6.42 Å². The summed E-state index contributed by atoms with van der Waals surface area (Å²) in [6.07, 6.45) is 9.48. The van der Waals surface area contributed by atoms with Gasteiger partial charge in [-0.3, -0.25) is 9.36 Å². The van der Waals surface area contributed by atoms with Gasteiger partial charge in [-0.15, -0.1) is 0 Å². The van der Waals surface area contributed by atoms with Crippen molar-refractivity contribution in [2.45, 2.75) is 71.5 Å². The van der Waals surface area contributed by atoms with E-state index in [0.717, 1.165) is 37.9 Å². The number of ether oxygens (including phenoxy) is 1. The highest BCUT2D eigenvalue weighted by Gasteiger charge is 2.24. The van der Waals surface area contributed by atoms with Gasteiger partial charge in [-0.05, 0) is 37.3 Å². The van der Waals surface area contributed by atoms with Crippen LogP contribution in [0.2, 0.25) is 0 Å². The van der Waals surface area contributed by atoms with Gasteiger partial charge in [0.25, 0.3) is 5.91 Å². The molecule has 0 saturated heterocycles. The van der Waals surface area contributed by atoms with Gasteiger partial charge in [-0.2, -0.15) is 4.98 Å². The molecule has 32 heavy (non-hydrogen) atoms. The summed E-state index contributed by atoms with van der Waals surface area (Å²) >= 11 is 0. The highest BCUT2D eigenvalue weighted by Crippen LogP contribution is 2.24. The fourth-order valence-corrected chi connectivity index (χ4v) is 4.30. The monoisotopic (exact) mass is 441 g/mol. The van der Waals surface area contributed by atoms with Gasteiger partial charge in [0.15, 0.2) is 12.3 Å². The number of hydrogen-bond donors (Lipinski definition) is 1. The number of nitrogens with zero attached hydrogens (tertiary/aromatic N) is 4. The lowest BCUT2D eigenvalue weighted by Crippen LogP contribution is -2.43. The molecule has 3 aromatic rings. The third-order valence-electron chi connectivity index (χ3n) is 6.14. The maximum absolute atomic E-state index is 12.7. The van der Waals surface area contributed by atoms with Crippen LogP contribution in [0.5, 0.6) is 5.88 Å². The Morgan fingerprint density at radius 1 is 1.34 bits per heavy atom. The predicted octanol–water partition coefficient (Wildman–Crippen LogP) is 3.11. The summed E-state index contributed by atoms with van der Waals surface area (Å²) in [7, 11) is 0. The minimum atomic E-state index is -0.425. The molecule has 3 heterocycles. The highest BCUT2D eigenvalue weighted by molar-refractivity contribution is 5.80. The minimum Gasteiger partial charge on any atom is -0.467 e. The van der Waals surface area contributed by atoms with E-state index < -0.39 is 5.69 Å². The normalized spacial score (nSPS) is 18.7. The second-order valence-electron chi connectivity index (χ2n) is 8.55. The molecule has 2 atom stereocenters. The number of amides is 1. The quantitative estimate of drug-likeness (QED) is 0.547. The molecule has 9 nitrogen and oxygen atoms in total. The van der Waals surface area contributed by atoms with E-state index in [1.54, 1.807) is 17.2 Å². The van der Waals surface area contributed by atoms with E-state index in [0.29, 0.717) is 30.2 Å². The Bertz CT molecular complexity index is 1100. The Morgan fingerprint density at radius 2 is 2.19 bits per heavy atom. The summed E-state index contributed by atoms with van der Waals surface area (Å²) in [6, 6.07) is 3.85. The molecule has 3 aromatic heterocycles. The Morgan fingerprint density at radius 3 is 2.94 bits per heavy atom. The minimum absolute atomic E-state index is 0.119. The summed E-state index contributed by atoms with van der Waals surface area (Å²) in [5.74, 6) is 1.11. The Kier molecular flexibility index (Phi) is 6.92. The molecular formula is C23H31N5O4. The first-order chi connectivity index (χ1) is 15.6. The maximum atomic E-state index is 12.7. The second kappa shape index (κ2) is 10.0. The van der Waals surface area contributed by atoms with Crippen molar-refractivity contribution in [1.29, 1.82) is 0 Å². The van der Waals surface area contributed by atoms with Gasteiger partial charge < -0.3 is 19.0 Å². The van der Waals surface area contributed by atoms with E-state index in [2.05, 4.69) is 29.1 Å². The van der Waals surface area contributed by atoms with Gasteiger partial charge in [0, 0.05) is 12.6 Å². The number of nitrogens with one attached hydrogen (secondary N) is 1. The van der Waals surface area contributed by atoms with Gasteiger partial charge in [-0.25, -0.2) is 9.78 Å². The largest absolute Gasteiger partial charge is 0.467 e. The fraction of sp³-hybridized carbons (Fsp3) is 0.565. The van der Waals surface area contributed by atoms with Gasteiger partial charge in [-0.1, -0.05) is 33.1 Å². The molecule has 0 bridgehead atoms. The van der Waals surface area contributed by atoms with Gasteiger partial charge in [0.1, 0.15) is 11.3 Å². The Hall–Kier alpha value is -3.10. The van der Waals surface area contributed by atoms with Crippen molar-refractivity contribution < 1.29 is 13.9 Å². The lowest BCUT2D eigenvalue weighted by atomic mass is 9.86. The molecule has 0 aromatic carbocycles. The molecular weight excluding hydrogens is 410 g/mol. The molecule has 1 amide bonds. The molecule has 2 unspecified atom stereocenters. The van der Waals surface area contributed by atoms with Crippen LogP contribution in [0.1, 0.15) is 58.1 Å². The number of aromatic nitrogens is 4. The van der Waals surface area contributed by atoms with Crippen molar-refractivity contribution in [2.75, 3.05) is 6.61 Å². The zero-order chi connectivity index (χ0) is 22.5. The van der Waals surface area contributed by atoms with Crippen molar-refractivity contribution in [3.63, 3.8) is 0 Å². The molecule has 1 saturated carbocycles. The van der Waals surface area contributed by atoms with Gasteiger partial charge in [0.05, 0.1) is 19.1 Å². The van der Waals surface area contributed by atoms with E-state index in [4.69, 9.17) is 9.15 Å². The number of aryl methyl sites for hydroxylation is 1. The van der Waals surface area contributed by atoms with Crippen LogP contribution in [0, 0.1) is 5.92 Å². The number of furan rings is 1. The second-order valence-corrected chi connectivity index (χ2v) is 8.55. The maximum Gasteiger partial charge on any atom is 0.352 e. The van der Waals surface area contributed by atoms with Crippen molar-refractivity contribution in [1.82, 2.24) is 24.4 Å². The summed E-state index contributed by atoms with van der Waals surface area (Å²) < 4.78 is 14.6. The smallest absolute Gasteiger partial charge is 0.352 e. The standard InChI is InChI=1S/C23H31N5O4/c1-3-4-11-28-21-20(27(15-24-21)13-17-9-7-12-31-17)22(26-23(28)30)32-14-19(29)25-18-10-6-5-8-16(18)2/h7,9,12,15-16,18H,3-6,8,10-11,13-14H2,1-2H3,(H,25,29). The van der Waals surface area contributed by atoms with Crippen LogP contribution in [0.15, 0.2) is 33.9 Å². The van der Waals surface area contributed by atoms with Crippen molar-refractivity contribution in [3.8, 4) is 5.88 Å². The first kappa shape index (κ1) is 22.1. The molecule has 9 heteroatoms. The topological polar surface area (TPSA) is 104 Å². The van der Waals surface area contributed by atoms with Gasteiger partial charge in [0.2, 0.25) is 5.88 Å². The predicted molar refractivity (Wildman–Crippen MR) is 120 cm³/mol. The third kappa shape index (κ3) is 4.87. The zero-order valence-corrected chi connectivity index (χ0v) is 18.7. The summed E-state index contributed by atoms with van der Waals surface area (Å²) in [5.41, 5.74) is 0.655. The lowest BCUT2D eigenvalue weighted by Gasteiger charge is -2.29. The van der Waals surface area contributed by atoms with Crippen LogP contribution in [0.4, 0.5) is 0 Å². The average molecular weight is 442 g/mol. The zero-order valence-electron chi connectivity index (χ0n) is 18.7. The van der Waals surface area contributed by atoms with Crippen molar-refractivity contribution >= 4 is 17.1 Å². The van der Waals surface area contributed by atoms with E-state index >= 15 is 0 Å². The number of carbonyl (C=O) groups excluding carboxylic acids is 1. The number of imidazole rings is 1. The summed E-state index contributed by atoms with van der Waals surface area (Å²) in [6.45, 7) is 4.97. The first-order valence-corrected chi connectivity index (χ1v) is 11.5. The first-order valence-electron chi connectivity index (χ1n) is 11.5. The summed E-state index contributed by atoms with van der Waals surface area (Å²) in [4.78, 5) is 33.9. The third-order valence-corrected chi connectivity index (χ3v) is 6.14. The van der Waals surface area contributed by atoms with Crippen LogP contribution in [0.25, 0.3) is 11.2 Å². The van der Waals surface area contributed by atoms with Crippen molar-refractivity contribution in [2.24, 2.45) is 5.92 Å². The number of rotatable bonds is 9. The number of hydrogen-bond acceptors (Lipinski definition) is 6. The molecule has 0 spiro atoms. The van der Waals surface area contributed by atoms with Crippen LogP contribution in [-0.4, -0.2) is 37.7 Å². The fourth-order valence-electron chi connectivity index (χ4n) is 4.30. The molecule has 172 valence electrons. The average Bonchev–Trinajstić information content (AvgIpc) is 3.44. The van der Waals surface area contributed by atoms with Crippen LogP contribution < -0.4 is 15.7 Å². The molecule has 1 N–H and O–H groups in total. The van der Waals surface area contributed by atoms with Crippen LogP contribution >= 0.6 is 0 Å². The SMILES string of the molecule is CCCCn1c(=O)nc(OCC(=O)NC2CCCCC2C)c2c1ncn2Cc1ccco1.